The van der Waals surface area contributed by atoms with Gasteiger partial charge in [-0.3, -0.25) is 14.7 Å². The molecule has 1 aromatic carbocycles. The van der Waals surface area contributed by atoms with Gasteiger partial charge in [-0.25, -0.2) is 4.98 Å². The Morgan fingerprint density at radius 1 is 1.17 bits per heavy atom. The largest absolute Gasteiger partial charge is 0.484 e. The summed E-state index contributed by atoms with van der Waals surface area (Å²) >= 11 is 0. The average molecular weight is 412 g/mol. The number of aliphatic hydroxyl groups is 1. The number of carbonyl (C=O) groups is 1. The SMILES string of the molecule is O=C(COc1ccc(CN2CCCC2)cc1)NC[C@@]1(O)CCN(c2cnccn2)C1. The van der Waals surface area contributed by atoms with Gasteiger partial charge >= 0.3 is 0 Å². The molecule has 3 heterocycles. The van der Waals surface area contributed by atoms with Gasteiger partial charge < -0.3 is 20.1 Å². The van der Waals surface area contributed by atoms with E-state index in [9.17, 15) is 9.90 Å². The summed E-state index contributed by atoms with van der Waals surface area (Å²) < 4.78 is 5.60. The van der Waals surface area contributed by atoms with Gasteiger partial charge in [-0.2, -0.15) is 0 Å². The standard InChI is InChI=1S/C22H29N5O3/c28-21(15-30-19-5-3-18(4-6-19)14-26-10-1-2-11-26)25-16-22(29)7-12-27(17-22)20-13-23-8-9-24-20/h3-6,8-9,13,29H,1-2,7,10-12,14-17H2,(H,25,28)/t22-/m0/s1. The van der Waals surface area contributed by atoms with E-state index in [1.54, 1.807) is 18.6 Å². The first-order valence-corrected chi connectivity index (χ1v) is 10.5. The minimum atomic E-state index is -0.982. The monoisotopic (exact) mass is 411 g/mol. The minimum Gasteiger partial charge on any atom is -0.484 e. The minimum absolute atomic E-state index is 0.0740. The maximum Gasteiger partial charge on any atom is 0.258 e. The number of likely N-dealkylation sites (tertiary alicyclic amines) is 1. The van der Waals surface area contributed by atoms with Crippen LogP contribution in [0.3, 0.4) is 0 Å². The number of benzene rings is 1. The van der Waals surface area contributed by atoms with Crippen LogP contribution in [-0.2, 0) is 11.3 Å². The molecule has 2 N–H and O–H groups in total. The molecule has 2 saturated heterocycles. The lowest BCUT2D eigenvalue weighted by molar-refractivity contribution is -0.124. The van der Waals surface area contributed by atoms with E-state index < -0.39 is 5.60 Å². The van der Waals surface area contributed by atoms with Crippen LogP contribution in [0.1, 0.15) is 24.8 Å². The van der Waals surface area contributed by atoms with Crippen molar-refractivity contribution in [2.24, 2.45) is 0 Å². The van der Waals surface area contributed by atoms with Crippen LogP contribution in [0.5, 0.6) is 5.75 Å². The van der Waals surface area contributed by atoms with Gasteiger partial charge in [0.2, 0.25) is 0 Å². The van der Waals surface area contributed by atoms with E-state index in [1.807, 2.05) is 29.2 Å². The van der Waals surface area contributed by atoms with Crippen LogP contribution in [0.4, 0.5) is 5.82 Å². The summed E-state index contributed by atoms with van der Waals surface area (Å²) in [5, 5.41) is 13.5. The molecule has 0 unspecified atom stereocenters. The topological polar surface area (TPSA) is 90.8 Å². The van der Waals surface area contributed by atoms with Gasteiger partial charge in [-0.15, -0.1) is 0 Å². The fourth-order valence-electron chi connectivity index (χ4n) is 4.00. The molecule has 0 radical (unpaired) electrons. The first-order valence-electron chi connectivity index (χ1n) is 10.5. The number of aromatic nitrogens is 2. The van der Waals surface area contributed by atoms with Crippen LogP contribution in [0, 0.1) is 0 Å². The molecule has 1 amide bonds. The summed E-state index contributed by atoms with van der Waals surface area (Å²) in [6.07, 6.45) is 8.04. The van der Waals surface area contributed by atoms with E-state index in [0.717, 1.165) is 12.4 Å². The highest BCUT2D eigenvalue weighted by Gasteiger charge is 2.37. The quantitative estimate of drug-likeness (QED) is 0.675. The molecule has 0 spiro atoms. The van der Waals surface area contributed by atoms with Crippen LogP contribution in [0.15, 0.2) is 42.9 Å². The summed E-state index contributed by atoms with van der Waals surface area (Å²) in [5.74, 6) is 1.16. The number of β-amino-alcohol motifs (C(OH)–C–C–N with tert-alkyl or cyclic N) is 1. The second-order valence-corrected chi connectivity index (χ2v) is 8.15. The highest BCUT2D eigenvalue weighted by Crippen LogP contribution is 2.24. The van der Waals surface area contributed by atoms with E-state index in [-0.39, 0.29) is 19.1 Å². The maximum absolute atomic E-state index is 12.2. The number of hydrogen-bond acceptors (Lipinski definition) is 7. The lowest BCUT2D eigenvalue weighted by atomic mass is 10.0. The third-order valence-corrected chi connectivity index (χ3v) is 5.72. The Kier molecular flexibility index (Phi) is 6.44. The van der Waals surface area contributed by atoms with Crippen molar-refractivity contribution < 1.29 is 14.6 Å². The van der Waals surface area contributed by atoms with Crippen molar-refractivity contribution in [2.45, 2.75) is 31.4 Å². The number of anilines is 1. The predicted molar refractivity (Wildman–Crippen MR) is 113 cm³/mol. The van der Waals surface area contributed by atoms with Crippen LogP contribution in [0.25, 0.3) is 0 Å². The van der Waals surface area contributed by atoms with E-state index in [2.05, 4.69) is 20.2 Å². The Bertz CT molecular complexity index is 826. The zero-order valence-electron chi connectivity index (χ0n) is 17.2. The van der Waals surface area contributed by atoms with Gasteiger partial charge in [0, 0.05) is 38.6 Å². The number of carbonyl (C=O) groups excluding carboxylic acids is 1. The Labute approximate surface area is 176 Å². The van der Waals surface area contributed by atoms with E-state index in [4.69, 9.17) is 4.74 Å². The number of rotatable bonds is 8. The summed E-state index contributed by atoms with van der Waals surface area (Å²) in [4.78, 5) is 24.9. The molecule has 2 fully saturated rings. The molecule has 0 saturated carbocycles. The average Bonchev–Trinajstić information content (AvgIpc) is 3.43. The van der Waals surface area contributed by atoms with Gasteiger partial charge in [0.05, 0.1) is 6.20 Å². The fraction of sp³-hybridized carbons (Fsp3) is 0.500. The molecule has 0 bridgehead atoms. The van der Waals surface area contributed by atoms with Gasteiger partial charge in [-0.05, 0) is 50.0 Å². The molecule has 0 aliphatic carbocycles. The lowest BCUT2D eigenvalue weighted by Gasteiger charge is -2.24. The second kappa shape index (κ2) is 9.40. The van der Waals surface area contributed by atoms with Crippen molar-refractivity contribution >= 4 is 11.7 Å². The summed E-state index contributed by atoms with van der Waals surface area (Å²) in [6.45, 7) is 4.49. The first-order chi connectivity index (χ1) is 14.6. The lowest BCUT2D eigenvalue weighted by Crippen LogP contribution is -2.46. The smallest absolute Gasteiger partial charge is 0.258 e. The Balaban J connectivity index is 1.18. The third-order valence-electron chi connectivity index (χ3n) is 5.72. The number of amides is 1. The molecular weight excluding hydrogens is 382 g/mol. The Morgan fingerprint density at radius 3 is 2.70 bits per heavy atom. The molecule has 2 aliphatic rings. The number of hydrogen-bond donors (Lipinski definition) is 2. The van der Waals surface area contributed by atoms with Crippen LogP contribution in [0.2, 0.25) is 0 Å². The van der Waals surface area contributed by atoms with Crippen molar-refractivity contribution in [2.75, 3.05) is 44.2 Å². The first kappa shape index (κ1) is 20.6. The molecule has 1 atom stereocenters. The van der Waals surface area contributed by atoms with Crippen molar-refractivity contribution in [3.05, 3.63) is 48.4 Å². The maximum atomic E-state index is 12.2. The molecule has 8 nitrogen and oxygen atoms in total. The highest BCUT2D eigenvalue weighted by atomic mass is 16.5. The fourth-order valence-corrected chi connectivity index (χ4v) is 4.00. The molecular formula is C22H29N5O3. The summed E-state index contributed by atoms with van der Waals surface area (Å²) in [7, 11) is 0. The number of nitrogens with zero attached hydrogens (tertiary/aromatic N) is 4. The predicted octanol–water partition coefficient (Wildman–Crippen LogP) is 1.21. The summed E-state index contributed by atoms with van der Waals surface area (Å²) in [6, 6.07) is 7.91. The molecule has 4 rings (SSSR count). The van der Waals surface area contributed by atoms with Crippen molar-refractivity contribution in [3.8, 4) is 5.75 Å². The molecule has 30 heavy (non-hydrogen) atoms. The second-order valence-electron chi connectivity index (χ2n) is 8.15. The summed E-state index contributed by atoms with van der Waals surface area (Å²) in [5.41, 5.74) is 0.273. The Morgan fingerprint density at radius 2 is 1.97 bits per heavy atom. The number of nitrogens with one attached hydrogen (secondary N) is 1. The van der Waals surface area contributed by atoms with Gasteiger partial charge in [-0.1, -0.05) is 12.1 Å². The normalized spacial score (nSPS) is 21.7. The van der Waals surface area contributed by atoms with Crippen LogP contribution in [-0.4, -0.2) is 70.8 Å². The van der Waals surface area contributed by atoms with Crippen molar-refractivity contribution in [1.82, 2.24) is 20.2 Å². The zero-order chi connectivity index (χ0) is 20.8. The van der Waals surface area contributed by atoms with Crippen molar-refractivity contribution in [3.63, 3.8) is 0 Å². The van der Waals surface area contributed by atoms with Crippen LogP contribution >= 0.6 is 0 Å². The van der Waals surface area contributed by atoms with Gasteiger partial charge in [0.15, 0.2) is 6.61 Å². The van der Waals surface area contributed by atoms with E-state index in [0.29, 0.717) is 25.3 Å². The van der Waals surface area contributed by atoms with E-state index in [1.165, 1.54) is 31.5 Å². The number of ether oxygens (including phenoxy) is 1. The molecule has 160 valence electrons. The van der Waals surface area contributed by atoms with E-state index >= 15 is 0 Å². The van der Waals surface area contributed by atoms with Gasteiger partial charge in [0.1, 0.15) is 17.2 Å². The zero-order valence-corrected chi connectivity index (χ0v) is 17.2. The molecule has 1 aromatic heterocycles. The molecule has 2 aromatic rings. The van der Waals surface area contributed by atoms with Crippen LogP contribution < -0.4 is 15.0 Å². The molecule has 2 aliphatic heterocycles. The van der Waals surface area contributed by atoms with Gasteiger partial charge in [0.25, 0.3) is 5.91 Å². The van der Waals surface area contributed by atoms with Crippen molar-refractivity contribution in [1.29, 1.82) is 0 Å². The Hall–Kier alpha value is -2.71. The molecule has 8 heteroatoms. The highest BCUT2D eigenvalue weighted by molar-refractivity contribution is 5.77. The third kappa shape index (κ3) is 5.46.